The van der Waals surface area contributed by atoms with Gasteiger partial charge in [-0.1, -0.05) is 15.9 Å². The van der Waals surface area contributed by atoms with Crippen LogP contribution in [0.1, 0.15) is 17.7 Å². The van der Waals surface area contributed by atoms with Crippen LogP contribution in [-0.2, 0) is 5.33 Å². The lowest BCUT2D eigenvalue weighted by Crippen LogP contribution is -2.04. The van der Waals surface area contributed by atoms with E-state index in [1.165, 1.54) is 0 Å². The number of alkyl halides is 3. The van der Waals surface area contributed by atoms with Gasteiger partial charge >= 0.3 is 0 Å². The van der Waals surface area contributed by atoms with E-state index in [0.29, 0.717) is 6.20 Å². The molecule has 0 amide bonds. The SMILES string of the molecule is O=[N+]([O-])c1cnc(C(F)F)c(F)c1CBr. The molecule has 0 aromatic carbocycles. The summed E-state index contributed by atoms with van der Waals surface area (Å²) in [4.78, 5) is 12.6. The number of halogens is 4. The van der Waals surface area contributed by atoms with Crippen LogP contribution in [-0.4, -0.2) is 9.91 Å². The topological polar surface area (TPSA) is 56.0 Å². The molecule has 0 aliphatic carbocycles. The molecule has 1 aromatic heterocycles. The van der Waals surface area contributed by atoms with Gasteiger partial charge in [-0.15, -0.1) is 0 Å². The summed E-state index contributed by atoms with van der Waals surface area (Å²) in [5, 5.41) is 10.2. The van der Waals surface area contributed by atoms with Crippen LogP contribution >= 0.6 is 15.9 Å². The van der Waals surface area contributed by atoms with Gasteiger partial charge in [0, 0.05) is 5.33 Å². The molecule has 0 N–H and O–H groups in total. The second-order valence-electron chi connectivity index (χ2n) is 2.51. The van der Waals surface area contributed by atoms with E-state index in [4.69, 9.17) is 0 Å². The van der Waals surface area contributed by atoms with Crippen LogP contribution in [0.2, 0.25) is 0 Å². The molecule has 15 heavy (non-hydrogen) atoms. The minimum atomic E-state index is -3.09. The van der Waals surface area contributed by atoms with Crippen molar-refractivity contribution in [2.24, 2.45) is 0 Å². The van der Waals surface area contributed by atoms with Crippen LogP contribution in [0.25, 0.3) is 0 Å². The Kier molecular flexibility index (Phi) is 3.61. The summed E-state index contributed by atoms with van der Waals surface area (Å²) in [6.07, 6.45) is -2.47. The Labute approximate surface area is 90.4 Å². The lowest BCUT2D eigenvalue weighted by molar-refractivity contribution is -0.386. The quantitative estimate of drug-likeness (QED) is 0.487. The van der Waals surface area contributed by atoms with Crippen molar-refractivity contribution >= 4 is 21.6 Å². The summed E-state index contributed by atoms with van der Waals surface area (Å²) in [7, 11) is 0. The average Bonchev–Trinajstić information content (AvgIpc) is 2.16. The van der Waals surface area contributed by atoms with E-state index in [9.17, 15) is 23.3 Å². The van der Waals surface area contributed by atoms with Gasteiger partial charge in [-0.25, -0.2) is 18.2 Å². The molecule has 0 aliphatic heterocycles. The number of pyridine rings is 1. The number of rotatable bonds is 3. The molecule has 0 spiro atoms. The number of hydrogen-bond acceptors (Lipinski definition) is 3. The van der Waals surface area contributed by atoms with Gasteiger partial charge in [0.2, 0.25) is 0 Å². The van der Waals surface area contributed by atoms with E-state index in [0.717, 1.165) is 0 Å². The fraction of sp³-hybridized carbons (Fsp3) is 0.286. The second-order valence-corrected chi connectivity index (χ2v) is 3.07. The Morgan fingerprint density at radius 2 is 2.20 bits per heavy atom. The second kappa shape index (κ2) is 4.56. The molecule has 0 unspecified atom stereocenters. The van der Waals surface area contributed by atoms with Crippen molar-refractivity contribution in [2.45, 2.75) is 11.8 Å². The van der Waals surface area contributed by atoms with E-state index in [1.54, 1.807) is 0 Å². The number of nitrogens with zero attached hydrogens (tertiary/aromatic N) is 2. The minimum Gasteiger partial charge on any atom is -0.258 e. The van der Waals surface area contributed by atoms with Crippen molar-refractivity contribution in [3.05, 3.63) is 33.4 Å². The molecule has 1 heterocycles. The lowest BCUT2D eigenvalue weighted by Gasteiger charge is -2.04. The molecule has 0 bridgehead atoms. The van der Waals surface area contributed by atoms with E-state index in [-0.39, 0.29) is 5.33 Å². The zero-order valence-corrected chi connectivity index (χ0v) is 8.67. The summed E-state index contributed by atoms with van der Waals surface area (Å²) in [5.74, 6) is -1.34. The van der Waals surface area contributed by atoms with Crippen molar-refractivity contribution in [1.82, 2.24) is 4.98 Å². The number of hydrogen-bond donors (Lipinski definition) is 0. The molecule has 0 radical (unpaired) electrons. The van der Waals surface area contributed by atoms with Crippen LogP contribution in [0.3, 0.4) is 0 Å². The van der Waals surface area contributed by atoms with Crippen LogP contribution in [0.15, 0.2) is 6.20 Å². The normalized spacial score (nSPS) is 10.7. The summed E-state index contributed by atoms with van der Waals surface area (Å²) >= 11 is 2.79. The average molecular weight is 285 g/mol. The van der Waals surface area contributed by atoms with Crippen molar-refractivity contribution < 1.29 is 18.1 Å². The van der Waals surface area contributed by atoms with Gasteiger partial charge in [0.05, 0.1) is 10.5 Å². The Bertz CT molecular complexity index is 400. The Hall–Kier alpha value is -1.18. The molecule has 1 aromatic rings. The summed E-state index contributed by atoms with van der Waals surface area (Å²) in [6.45, 7) is 0. The predicted molar refractivity (Wildman–Crippen MR) is 48.4 cm³/mol. The molecule has 0 atom stereocenters. The van der Waals surface area contributed by atoms with Crippen molar-refractivity contribution in [3.8, 4) is 0 Å². The fourth-order valence-electron chi connectivity index (χ4n) is 0.969. The first-order chi connectivity index (χ1) is 6.99. The summed E-state index contributed by atoms with van der Waals surface area (Å²) < 4.78 is 37.6. The standard InChI is InChI=1S/C7H4BrF3N2O2/c8-1-3-4(13(14)15)2-12-6(5(3)9)7(10)11/h2,7H,1H2. The fourth-order valence-corrected chi connectivity index (χ4v) is 1.50. The molecule has 4 nitrogen and oxygen atoms in total. The smallest absolute Gasteiger partial charge is 0.258 e. The lowest BCUT2D eigenvalue weighted by atomic mass is 10.2. The molecule has 82 valence electrons. The van der Waals surface area contributed by atoms with Crippen molar-refractivity contribution in [1.29, 1.82) is 0 Å². The van der Waals surface area contributed by atoms with Crippen molar-refractivity contribution in [2.75, 3.05) is 0 Å². The Morgan fingerprint density at radius 3 is 2.60 bits per heavy atom. The molecule has 0 saturated heterocycles. The Balaban J connectivity index is 3.39. The third-order valence-electron chi connectivity index (χ3n) is 1.66. The molecule has 8 heteroatoms. The van der Waals surface area contributed by atoms with Gasteiger partial charge in [-0.05, 0) is 0 Å². The number of nitro groups is 1. The van der Waals surface area contributed by atoms with Crippen LogP contribution in [0.4, 0.5) is 18.9 Å². The maximum absolute atomic E-state index is 13.3. The van der Waals surface area contributed by atoms with Crippen molar-refractivity contribution in [3.63, 3.8) is 0 Å². The molecule has 1 rings (SSSR count). The maximum atomic E-state index is 13.3. The number of aromatic nitrogens is 1. The van der Waals surface area contributed by atoms with Crippen LogP contribution < -0.4 is 0 Å². The van der Waals surface area contributed by atoms with E-state index in [1.807, 2.05) is 0 Å². The highest BCUT2D eigenvalue weighted by Crippen LogP contribution is 2.29. The summed E-state index contributed by atoms with van der Waals surface area (Å²) in [6, 6.07) is 0. The first-order valence-electron chi connectivity index (χ1n) is 3.64. The van der Waals surface area contributed by atoms with Gasteiger partial charge in [-0.2, -0.15) is 0 Å². The monoisotopic (exact) mass is 284 g/mol. The van der Waals surface area contributed by atoms with Crippen LogP contribution in [0, 0.1) is 15.9 Å². The van der Waals surface area contributed by atoms with E-state index < -0.39 is 34.1 Å². The molecule has 0 saturated carbocycles. The molecular formula is C7H4BrF3N2O2. The highest BCUT2D eigenvalue weighted by Gasteiger charge is 2.25. The van der Waals surface area contributed by atoms with E-state index in [2.05, 4.69) is 20.9 Å². The highest BCUT2D eigenvalue weighted by molar-refractivity contribution is 9.08. The van der Waals surface area contributed by atoms with Gasteiger partial charge in [0.25, 0.3) is 12.1 Å². The predicted octanol–water partition coefficient (Wildman–Crippen LogP) is 2.96. The van der Waals surface area contributed by atoms with Gasteiger partial charge in [0.1, 0.15) is 11.9 Å². The third kappa shape index (κ3) is 2.25. The molecule has 0 aliphatic rings. The van der Waals surface area contributed by atoms with Gasteiger partial charge in [0.15, 0.2) is 5.82 Å². The first-order valence-corrected chi connectivity index (χ1v) is 4.77. The summed E-state index contributed by atoms with van der Waals surface area (Å²) in [5.41, 5.74) is -2.12. The first kappa shape index (κ1) is 11.9. The minimum absolute atomic E-state index is 0.225. The largest absolute Gasteiger partial charge is 0.294 e. The zero-order chi connectivity index (χ0) is 11.6. The Morgan fingerprint density at radius 1 is 1.60 bits per heavy atom. The van der Waals surface area contributed by atoms with E-state index >= 15 is 0 Å². The third-order valence-corrected chi connectivity index (χ3v) is 2.22. The molecule has 0 fully saturated rings. The highest BCUT2D eigenvalue weighted by atomic mass is 79.9. The molecular weight excluding hydrogens is 281 g/mol. The van der Waals surface area contributed by atoms with Gasteiger partial charge < -0.3 is 0 Å². The maximum Gasteiger partial charge on any atom is 0.294 e. The van der Waals surface area contributed by atoms with Gasteiger partial charge in [-0.3, -0.25) is 10.1 Å². The zero-order valence-electron chi connectivity index (χ0n) is 7.08. The van der Waals surface area contributed by atoms with Crippen LogP contribution in [0.5, 0.6) is 0 Å².